The largest absolute Gasteiger partial charge is 0.378 e. The van der Waals surface area contributed by atoms with Crippen molar-refractivity contribution in [3.63, 3.8) is 0 Å². The molecule has 1 N–H and O–H groups in total. The van der Waals surface area contributed by atoms with Crippen LogP contribution in [0.15, 0.2) is 16.9 Å². The highest BCUT2D eigenvalue weighted by molar-refractivity contribution is 9.10. The number of rotatable bonds is 6. The average molecular weight is 328 g/mol. The fraction of sp³-hybridized carbons (Fsp3) is 0.615. The van der Waals surface area contributed by atoms with Gasteiger partial charge in [-0.1, -0.05) is 25.7 Å². The molecule has 0 aromatic carbocycles. The second-order valence-electron chi connectivity index (χ2n) is 4.99. The number of anilines is 1. The van der Waals surface area contributed by atoms with E-state index in [-0.39, 0.29) is 5.69 Å². The first kappa shape index (κ1) is 14.2. The number of nitro groups is 1. The lowest BCUT2D eigenvalue weighted by Crippen LogP contribution is -2.07. The summed E-state index contributed by atoms with van der Waals surface area (Å²) in [4.78, 5) is 14.3. The van der Waals surface area contributed by atoms with Crippen molar-refractivity contribution < 1.29 is 4.92 Å². The maximum Gasteiger partial charge on any atom is 0.311 e. The number of hydrogen-bond donors (Lipinski definition) is 1. The lowest BCUT2D eigenvalue weighted by Gasteiger charge is -2.11. The SMILES string of the molecule is O=[N+]([O-])c1cncc(Br)c1NCCCC1CCCC1. The zero-order chi connectivity index (χ0) is 13.7. The van der Waals surface area contributed by atoms with Gasteiger partial charge in [-0.2, -0.15) is 0 Å². The summed E-state index contributed by atoms with van der Waals surface area (Å²) in [6.45, 7) is 0.764. The summed E-state index contributed by atoms with van der Waals surface area (Å²) >= 11 is 3.30. The van der Waals surface area contributed by atoms with Crippen LogP contribution < -0.4 is 5.32 Å². The van der Waals surface area contributed by atoms with Gasteiger partial charge in [-0.05, 0) is 34.7 Å². The Morgan fingerprint density at radius 1 is 1.42 bits per heavy atom. The third-order valence-corrected chi connectivity index (χ3v) is 4.24. The van der Waals surface area contributed by atoms with E-state index in [0.717, 1.165) is 18.9 Å². The van der Waals surface area contributed by atoms with E-state index in [2.05, 4.69) is 26.2 Å². The number of nitrogens with zero attached hydrogens (tertiary/aromatic N) is 2. The maximum atomic E-state index is 10.9. The molecule has 1 aromatic rings. The van der Waals surface area contributed by atoms with Crippen LogP contribution in [-0.4, -0.2) is 16.5 Å². The summed E-state index contributed by atoms with van der Waals surface area (Å²) in [6.07, 6.45) is 10.5. The molecule has 1 saturated carbocycles. The molecule has 0 unspecified atom stereocenters. The van der Waals surface area contributed by atoms with E-state index in [1.807, 2.05) is 0 Å². The van der Waals surface area contributed by atoms with Gasteiger partial charge in [-0.3, -0.25) is 15.1 Å². The molecule has 0 bridgehead atoms. The molecule has 1 aromatic heterocycles. The van der Waals surface area contributed by atoms with Gasteiger partial charge in [0.25, 0.3) is 0 Å². The number of hydrogen-bond acceptors (Lipinski definition) is 4. The zero-order valence-corrected chi connectivity index (χ0v) is 12.4. The lowest BCUT2D eigenvalue weighted by molar-refractivity contribution is -0.384. The third kappa shape index (κ3) is 3.89. The monoisotopic (exact) mass is 327 g/mol. The van der Waals surface area contributed by atoms with Crippen molar-refractivity contribution in [2.75, 3.05) is 11.9 Å². The molecule has 104 valence electrons. The van der Waals surface area contributed by atoms with Gasteiger partial charge in [0.15, 0.2) is 0 Å². The summed E-state index contributed by atoms with van der Waals surface area (Å²) < 4.78 is 0.641. The van der Waals surface area contributed by atoms with E-state index < -0.39 is 4.92 Å². The Labute approximate surface area is 121 Å². The minimum absolute atomic E-state index is 0.0234. The summed E-state index contributed by atoms with van der Waals surface area (Å²) in [5.41, 5.74) is 0.557. The van der Waals surface area contributed by atoms with Gasteiger partial charge >= 0.3 is 5.69 Å². The second-order valence-corrected chi connectivity index (χ2v) is 5.85. The van der Waals surface area contributed by atoms with Crippen LogP contribution in [0.5, 0.6) is 0 Å². The normalized spacial score (nSPS) is 15.6. The summed E-state index contributed by atoms with van der Waals surface area (Å²) in [5.74, 6) is 0.859. The summed E-state index contributed by atoms with van der Waals surface area (Å²) in [7, 11) is 0. The molecule has 1 aliphatic rings. The van der Waals surface area contributed by atoms with Crippen molar-refractivity contribution in [1.82, 2.24) is 4.98 Å². The zero-order valence-electron chi connectivity index (χ0n) is 10.8. The number of aromatic nitrogens is 1. The highest BCUT2D eigenvalue weighted by Gasteiger charge is 2.17. The van der Waals surface area contributed by atoms with Crippen LogP contribution in [-0.2, 0) is 0 Å². The second kappa shape index (κ2) is 6.84. The van der Waals surface area contributed by atoms with Crippen molar-refractivity contribution in [2.24, 2.45) is 5.92 Å². The first-order valence-electron chi connectivity index (χ1n) is 6.70. The molecule has 2 rings (SSSR count). The molecule has 0 aliphatic heterocycles. The molecule has 0 atom stereocenters. The molecule has 1 heterocycles. The minimum atomic E-state index is -0.406. The van der Waals surface area contributed by atoms with Gasteiger partial charge in [0.1, 0.15) is 11.9 Å². The quantitative estimate of drug-likeness (QED) is 0.484. The van der Waals surface area contributed by atoms with Gasteiger partial charge in [-0.15, -0.1) is 0 Å². The Hall–Kier alpha value is -1.17. The molecule has 6 heteroatoms. The standard InChI is InChI=1S/C13H18BrN3O2/c14-11-8-15-9-12(17(18)19)13(11)16-7-3-6-10-4-1-2-5-10/h8-10H,1-7H2,(H,15,16). The fourth-order valence-electron chi connectivity index (χ4n) is 2.64. The van der Waals surface area contributed by atoms with Crippen LogP contribution in [0.1, 0.15) is 38.5 Å². The number of nitrogens with one attached hydrogen (secondary N) is 1. The van der Waals surface area contributed by atoms with Crippen molar-refractivity contribution in [2.45, 2.75) is 38.5 Å². The van der Waals surface area contributed by atoms with Crippen molar-refractivity contribution in [3.05, 3.63) is 27.0 Å². The maximum absolute atomic E-state index is 10.9. The first-order chi connectivity index (χ1) is 9.18. The lowest BCUT2D eigenvalue weighted by atomic mass is 10.0. The van der Waals surface area contributed by atoms with E-state index in [1.54, 1.807) is 6.20 Å². The molecule has 0 amide bonds. The Morgan fingerprint density at radius 3 is 2.84 bits per heavy atom. The fourth-order valence-corrected chi connectivity index (χ4v) is 3.10. The molecule has 0 radical (unpaired) electrons. The summed E-state index contributed by atoms with van der Waals surface area (Å²) in [6, 6.07) is 0. The molecular weight excluding hydrogens is 310 g/mol. The van der Waals surface area contributed by atoms with E-state index in [9.17, 15) is 10.1 Å². The smallest absolute Gasteiger partial charge is 0.311 e. The molecule has 19 heavy (non-hydrogen) atoms. The highest BCUT2D eigenvalue weighted by Crippen LogP contribution is 2.32. The predicted octanol–water partition coefficient (Wildman–Crippen LogP) is 4.13. The predicted molar refractivity (Wildman–Crippen MR) is 78.3 cm³/mol. The van der Waals surface area contributed by atoms with E-state index in [4.69, 9.17) is 0 Å². The van der Waals surface area contributed by atoms with Crippen molar-refractivity contribution in [3.8, 4) is 0 Å². The van der Waals surface area contributed by atoms with E-state index in [0.29, 0.717) is 10.2 Å². The van der Waals surface area contributed by atoms with Gasteiger partial charge in [-0.25, -0.2) is 0 Å². The van der Waals surface area contributed by atoms with Crippen LogP contribution in [0.3, 0.4) is 0 Å². The Morgan fingerprint density at radius 2 is 2.16 bits per heavy atom. The first-order valence-corrected chi connectivity index (χ1v) is 7.49. The van der Waals surface area contributed by atoms with Gasteiger partial charge in [0.05, 0.1) is 9.40 Å². The van der Waals surface area contributed by atoms with Gasteiger partial charge in [0, 0.05) is 12.7 Å². The van der Waals surface area contributed by atoms with Gasteiger partial charge in [0.2, 0.25) is 0 Å². The Kier molecular flexibility index (Phi) is 5.13. The van der Waals surface area contributed by atoms with E-state index in [1.165, 1.54) is 38.3 Å². The minimum Gasteiger partial charge on any atom is -0.378 e. The summed E-state index contributed by atoms with van der Waals surface area (Å²) in [5, 5.41) is 14.1. The van der Waals surface area contributed by atoms with Crippen LogP contribution in [0, 0.1) is 16.0 Å². The van der Waals surface area contributed by atoms with Crippen LogP contribution >= 0.6 is 15.9 Å². The average Bonchev–Trinajstić information content (AvgIpc) is 2.88. The molecule has 0 spiro atoms. The van der Waals surface area contributed by atoms with E-state index >= 15 is 0 Å². The third-order valence-electron chi connectivity index (χ3n) is 3.64. The number of pyridine rings is 1. The Balaban J connectivity index is 1.86. The molecule has 5 nitrogen and oxygen atoms in total. The van der Waals surface area contributed by atoms with Crippen molar-refractivity contribution in [1.29, 1.82) is 0 Å². The topological polar surface area (TPSA) is 68.1 Å². The van der Waals surface area contributed by atoms with Crippen molar-refractivity contribution >= 4 is 27.3 Å². The molecule has 0 saturated heterocycles. The van der Waals surface area contributed by atoms with Crippen LogP contribution in [0.2, 0.25) is 0 Å². The van der Waals surface area contributed by atoms with Crippen LogP contribution in [0.25, 0.3) is 0 Å². The number of halogens is 1. The molecule has 1 aliphatic carbocycles. The molecular formula is C13H18BrN3O2. The van der Waals surface area contributed by atoms with Gasteiger partial charge < -0.3 is 5.32 Å². The molecule has 1 fully saturated rings. The highest BCUT2D eigenvalue weighted by atomic mass is 79.9. The van der Waals surface area contributed by atoms with Crippen LogP contribution in [0.4, 0.5) is 11.4 Å². The Bertz CT molecular complexity index is 448.